The minimum absolute atomic E-state index is 0.196. The van der Waals surface area contributed by atoms with E-state index in [2.05, 4.69) is 9.88 Å². The third-order valence-corrected chi connectivity index (χ3v) is 6.23. The van der Waals surface area contributed by atoms with Gasteiger partial charge in [-0.15, -0.1) is 0 Å². The Hall–Kier alpha value is -1.11. The van der Waals surface area contributed by atoms with Crippen LogP contribution in [0.25, 0.3) is 0 Å². The summed E-state index contributed by atoms with van der Waals surface area (Å²) in [5, 5.41) is 10.5. The van der Waals surface area contributed by atoms with E-state index >= 15 is 0 Å². The fourth-order valence-corrected chi connectivity index (χ4v) is 4.60. The van der Waals surface area contributed by atoms with E-state index in [1.54, 1.807) is 18.0 Å². The Balaban J connectivity index is 1.34. The van der Waals surface area contributed by atoms with E-state index in [9.17, 15) is 9.90 Å². The quantitative estimate of drug-likeness (QED) is 0.753. The molecule has 2 saturated heterocycles. The van der Waals surface area contributed by atoms with E-state index in [0.717, 1.165) is 43.9 Å². The Morgan fingerprint density at radius 3 is 2.68 bits per heavy atom. The first-order valence-electron chi connectivity index (χ1n) is 9.41. The molecule has 3 rings (SSSR count). The number of aromatic nitrogens is 1. The van der Waals surface area contributed by atoms with Crippen molar-refractivity contribution >= 4 is 17.7 Å². The molecule has 25 heavy (non-hydrogen) atoms. The van der Waals surface area contributed by atoms with Gasteiger partial charge in [0.1, 0.15) is 0 Å². The third-order valence-electron chi connectivity index (χ3n) is 5.31. The molecule has 0 spiro atoms. The second kappa shape index (κ2) is 9.55. The minimum atomic E-state index is -0.520. The number of carbonyl (C=O) groups excluding carboxylic acids is 1. The van der Waals surface area contributed by atoms with Crippen LogP contribution in [0.1, 0.15) is 37.5 Å². The molecule has 1 N–H and O–H groups in total. The monoisotopic (exact) mass is 363 g/mol. The highest BCUT2D eigenvalue weighted by Crippen LogP contribution is 2.29. The molecule has 1 aromatic heterocycles. The molecule has 6 heteroatoms. The first kappa shape index (κ1) is 18.7. The predicted octanol–water partition coefficient (Wildman–Crippen LogP) is 2.18. The zero-order valence-corrected chi connectivity index (χ0v) is 15.7. The highest BCUT2D eigenvalue weighted by molar-refractivity contribution is 7.99. The molecule has 1 atom stereocenters. The summed E-state index contributed by atoms with van der Waals surface area (Å²) in [7, 11) is 0. The lowest BCUT2D eigenvalue weighted by Crippen LogP contribution is -2.40. The van der Waals surface area contributed by atoms with Gasteiger partial charge in [0.15, 0.2) is 0 Å². The number of rotatable bonds is 7. The number of hydrogen-bond acceptors (Lipinski definition) is 5. The number of aliphatic hydroxyl groups excluding tert-OH is 1. The molecule has 1 unspecified atom stereocenters. The van der Waals surface area contributed by atoms with Gasteiger partial charge in [-0.2, -0.15) is 11.8 Å². The van der Waals surface area contributed by atoms with E-state index in [1.165, 1.54) is 25.9 Å². The first-order chi connectivity index (χ1) is 12.2. The average Bonchev–Trinajstić information content (AvgIpc) is 3.19. The highest BCUT2D eigenvalue weighted by Gasteiger charge is 2.28. The van der Waals surface area contributed by atoms with Crippen LogP contribution in [0.5, 0.6) is 0 Å². The number of hydrogen-bond donors (Lipinski definition) is 1. The minimum Gasteiger partial charge on any atom is -0.387 e. The van der Waals surface area contributed by atoms with Crippen LogP contribution in [-0.2, 0) is 4.79 Å². The van der Waals surface area contributed by atoms with Gasteiger partial charge in [-0.1, -0.05) is 6.07 Å². The normalized spacial score (nSPS) is 20.8. The molecule has 1 amide bonds. The molecule has 0 aliphatic carbocycles. The van der Waals surface area contributed by atoms with Gasteiger partial charge >= 0.3 is 0 Å². The average molecular weight is 364 g/mol. The molecule has 0 aromatic carbocycles. The number of likely N-dealkylation sites (tertiary alicyclic amines) is 2. The Bertz CT molecular complexity index is 529. The van der Waals surface area contributed by atoms with Crippen LogP contribution in [0.4, 0.5) is 0 Å². The standard InChI is InChI=1S/C19H29N3O2S/c23-18(15-25-14-13-21-9-3-4-10-21)22-11-6-16(7-12-22)19(24)17-5-1-2-8-20-17/h1-2,5,8,16,19,24H,3-4,6-7,9-15H2. The van der Waals surface area contributed by atoms with Crippen molar-refractivity contribution < 1.29 is 9.90 Å². The van der Waals surface area contributed by atoms with Crippen LogP contribution in [0.3, 0.4) is 0 Å². The van der Waals surface area contributed by atoms with Crippen molar-refractivity contribution in [3.05, 3.63) is 30.1 Å². The van der Waals surface area contributed by atoms with Crippen molar-refractivity contribution in [2.75, 3.05) is 44.2 Å². The maximum absolute atomic E-state index is 12.4. The van der Waals surface area contributed by atoms with E-state index < -0.39 is 6.10 Å². The van der Waals surface area contributed by atoms with Crippen LogP contribution >= 0.6 is 11.8 Å². The van der Waals surface area contributed by atoms with Crippen molar-refractivity contribution in [2.45, 2.75) is 31.8 Å². The lowest BCUT2D eigenvalue weighted by Gasteiger charge is -2.34. The number of pyridine rings is 1. The number of piperidine rings is 1. The maximum Gasteiger partial charge on any atom is 0.232 e. The lowest BCUT2D eigenvalue weighted by molar-refractivity contribution is -0.130. The molecule has 2 aliphatic heterocycles. The Morgan fingerprint density at radius 2 is 2.00 bits per heavy atom. The largest absolute Gasteiger partial charge is 0.387 e. The molecule has 3 heterocycles. The Kier molecular flexibility index (Phi) is 7.13. The molecule has 5 nitrogen and oxygen atoms in total. The van der Waals surface area contributed by atoms with Gasteiger partial charge in [-0.3, -0.25) is 9.78 Å². The van der Waals surface area contributed by atoms with E-state index in [-0.39, 0.29) is 11.8 Å². The van der Waals surface area contributed by atoms with Gasteiger partial charge in [0, 0.05) is 31.6 Å². The first-order valence-corrected chi connectivity index (χ1v) is 10.6. The Labute approximate surface area is 154 Å². The van der Waals surface area contributed by atoms with E-state index in [4.69, 9.17) is 0 Å². The fraction of sp³-hybridized carbons (Fsp3) is 0.684. The van der Waals surface area contributed by atoms with Crippen molar-refractivity contribution in [1.29, 1.82) is 0 Å². The summed E-state index contributed by atoms with van der Waals surface area (Å²) in [6.45, 7) is 5.05. The molecule has 2 fully saturated rings. The lowest BCUT2D eigenvalue weighted by atomic mass is 9.89. The summed E-state index contributed by atoms with van der Waals surface area (Å²) < 4.78 is 0. The number of thioether (sulfide) groups is 1. The number of nitrogens with zero attached hydrogens (tertiary/aromatic N) is 3. The molecule has 138 valence electrons. The Morgan fingerprint density at radius 1 is 1.24 bits per heavy atom. The van der Waals surface area contributed by atoms with Crippen molar-refractivity contribution in [3.8, 4) is 0 Å². The SMILES string of the molecule is O=C(CSCCN1CCCC1)N1CCC(C(O)c2ccccn2)CC1. The van der Waals surface area contributed by atoms with Crippen LogP contribution < -0.4 is 0 Å². The number of aliphatic hydroxyl groups is 1. The summed E-state index contributed by atoms with van der Waals surface area (Å²) in [5.41, 5.74) is 0.741. The highest BCUT2D eigenvalue weighted by atomic mass is 32.2. The maximum atomic E-state index is 12.4. The number of amides is 1. The second-order valence-electron chi connectivity index (χ2n) is 7.02. The molecular weight excluding hydrogens is 334 g/mol. The summed E-state index contributed by atoms with van der Waals surface area (Å²) in [5.74, 6) is 2.07. The zero-order chi connectivity index (χ0) is 17.5. The smallest absolute Gasteiger partial charge is 0.232 e. The van der Waals surface area contributed by atoms with Crippen LogP contribution in [-0.4, -0.2) is 70.0 Å². The summed E-state index contributed by atoms with van der Waals surface area (Å²) in [6, 6.07) is 5.64. The van der Waals surface area contributed by atoms with Gasteiger partial charge in [0.25, 0.3) is 0 Å². The topological polar surface area (TPSA) is 56.7 Å². The van der Waals surface area contributed by atoms with Crippen LogP contribution in [0.2, 0.25) is 0 Å². The second-order valence-corrected chi connectivity index (χ2v) is 8.12. The van der Waals surface area contributed by atoms with E-state index in [0.29, 0.717) is 5.75 Å². The van der Waals surface area contributed by atoms with Crippen molar-refractivity contribution in [2.24, 2.45) is 5.92 Å². The van der Waals surface area contributed by atoms with Gasteiger partial charge in [-0.05, 0) is 56.8 Å². The van der Waals surface area contributed by atoms with E-state index in [1.807, 2.05) is 23.1 Å². The molecule has 0 saturated carbocycles. The summed E-state index contributed by atoms with van der Waals surface area (Å²) in [6.07, 6.45) is 5.54. The van der Waals surface area contributed by atoms with Gasteiger partial charge < -0.3 is 14.9 Å². The molecule has 0 radical (unpaired) electrons. The predicted molar refractivity (Wildman–Crippen MR) is 101 cm³/mol. The summed E-state index contributed by atoms with van der Waals surface area (Å²) in [4.78, 5) is 21.1. The van der Waals surface area contributed by atoms with Gasteiger partial charge in [-0.25, -0.2) is 0 Å². The van der Waals surface area contributed by atoms with Crippen molar-refractivity contribution in [3.63, 3.8) is 0 Å². The molecule has 0 bridgehead atoms. The number of carbonyl (C=O) groups is 1. The van der Waals surface area contributed by atoms with Gasteiger partial charge in [0.2, 0.25) is 5.91 Å². The fourth-order valence-electron chi connectivity index (χ4n) is 3.71. The summed E-state index contributed by atoms with van der Waals surface area (Å²) >= 11 is 1.75. The molecular formula is C19H29N3O2S. The van der Waals surface area contributed by atoms with Gasteiger partial charge in [0.05, 0.1) is 17.6 Å². The van der Waals surface area contributed by atoms with Crippen LogP contribution in [0.15, 0.2) is 24.4 Å². The van der Waals surface area contributed by atoms with Crippen LogP contribution in [0, 0.1) is 5.92 Å². The third kappa shape index (κ3) is 5.43. The van der Waals surface area contributed by atoms with Crippen molar-refractivity contribution in [1.82, 2.24) is 14.8 Å². The molecule has 2 aliphatic rings. The zero-order valence-electron chi connectivity index (χ0n) is 14.8. The molecule has 1 aromatic rings.